The number of aromatic nitrogens is 2. The van der Waals surface area contributed by atoms with Crippen molar-refractivity contribution in [2.24, 2.45) is 0 Å². The molecule has 0 spiro atoms. The van der Waals surface area contributed by atoms with Gasteiger partial charge in [0.05, 0.1) is 11.1 Å². The standard InChI is InChI=1S/C22H17ClFN3O3S/c1-2-17-11-18-20(29)27(16-5-3-4-13(23)10-16)22(30)26(21(18)31-17)12-19(28)25-15-8-6-14(24)7-9-15/h3-11H,2,12H2,1H3,(H,25,28). The molecule has 2 aromatic heterocycles. The van der Waals surface area contributed by atoms with E-state index in [4.69, 9.17) is 11.6 Å². The fraction of sp³-hybridized carbons (Fsp3) is 0.136. The molecule has 0 saturated heterocycles. The second kappa shape index (κ2) is 8.49. The first kappa shape index (κ1) is 21.0. The van der Waals surface area contributed by atoms with Crippen molar-refractivity contribution in [3.8, 4) is 5.69 Å². The number of carbonyl (C=O) groups is 1. The molecule has 4 rings (SSSR count). The van der Waals surface area contributed by atoms with Crippen molar-refractivity contribution >= 4 is 44.7 Å². The fourth-order valence-corrected chi connectivity index (χ4v) is 4.50. The summed E-state index contributed by atoms with van der Waals surface area (Å²) < 4.78 is 15.4. The van der Waals surface area contributed by atoms with E-state index in [2.05, 4.69) is 5.32 Å². The van der Waals surface area contributed by atoms with E-state index >= 15 is 0 Å². The zero-order chi connectivity index (χ0) is 22.1. The van der Waals surface area contributed by atoms with Gasteiger partial charge in [0.2, 0.25) is 5.91 Å². The van der Waals surface area contributed by atoms with Crippen LogP contribution in [0.15, 0.2) is 64.2 Å². The van der Waals surface area contributed by atoms with Crippen molar-refractivity contribution in [2.75, 3.05) is 5.32 Å². The van der Waals surface area contributed by atoms with E-state index in [0.29, 0.717) is 33.0 Å². The van der Waals surface area contributed by atoms with E-state index in [9.17, 15) is 18.8 Å². The van der Waals surface area contributed by atoms with E-state index in [0.717, 1.165) is 9.44 Å². The summed E-state index contributed by atoms with van der Waals surface area (Å²) in [7, 11) is 0. The third kappa shape index (κ3) is 4.17. The van der Waals surface area contributed by atoms with E-state index in [1.165, 1.54) is 46.2 Å². The summed E-state index contributed by atoms with van der Waals surface area (Å²) >= 11 is 7.36. The monoisotopic (exact) mass is 457 g/mol. The third-order valence-corrected chi connectivity index (χ3v) is 6.25. The Hall–Kier alpha value is -3.23. The highest BCUT2D eigenvalue weighted by Gasteiger charge is 2.19. The molecule has 2 heterocycles. The van der Waals surface area contributed by atoms with Crippen molar-refractivity contribution in [2.45, 2.75) is 19.9 Å². The maximum atomic E-state index is 13.3. The van der Waals surface area contributed by atoms with Gasteiger partial charge in [0.25, 0.3) is 5.56 Å². The number of carbonyl (C=O) groups excluding carboxylic acids is 1. The number of nitrogens with zero attached hydrogens (tertiary/aromatic N) is 2. The van der Waals surface area contributed by atoms with Gasteiger partial charge in [0.1, 0.15) is 17.2 Å². The molecule has 0 fully saturated rings. The quantitative estimate of drug-likeness (QED) is 0.488. The molecule has 6 nitrogen and oxygen atoms in total. The summed E-state index contributed by atoms with van der Waals surface area (Å²) in [6.07, 6.45) is 0.686. The van der Waals surface area contributed by atoms with Crippen LogP contribution >= 0.6 is 22.9 Å². The van der Waals surface area contributed by atoms with Gasteiger partial charge in [-0.3, -0.25) is 14.2 Å². The first-order valence-corrected chi connectivity index (χ1v) is 10.7. The van der Waals surface area contributed by atoms with Crippen molar-refractivity contribution in [1.29, 1.82) is 0 Å². The Balaban J connectivity index is 1.84. The Bertz CT molecular complexity index is 1410. The number of thiophene rings is 1. The minimum Gasteiger partial charge on any atom is -0.325 e. The highest BCUT2D eigenvalue weighted by Crippen LogP contribution is 2.23. The number of anilines is 1. The molecule has 9 heteroatoms. The molecule has 1 amide bonds. The largest absolute Gasteiger partial charge is 0.337 e. The Morgan fingerprint density at radius 1 is 1.13 bits per heavy atom. The highest BCUT2D eigenvalue weighted by molar-refractivity contribution is 7.18. The van der Waals surface area contributed by atoms with E-state index in [-0.39, 0.29) is 6.54 Å². The van der Waals surface area contributed by atoms with Crippen LogP contribution in [0.5, 0.6) is 0 Å². The van der Waals surface area contributed by atoms with Gasteiger partial charge in [0, 0.05) is 15.6 Å². The minimum atomic E-state index is -0.640. The molecule has 0 aliphatic heterocycles. The number of rotatable bonds is 5. The molecule has 1 N–H and O–H groups in total. The number of hydrogen-bond donors (Lipinski definition) is 1. The molecule has 0 saturated carbocycles. The van der Waals surface area contributed by atoms with Crippen LogP contribution in [0.25, 0.3) is 15.9 Å². The number of amides is 1. The van der Waals surface area contributed by atoms with Crippen molar-refractivity contribution < 1.29 is 9.18 Å². The zero-order valence-corrected chi connectivity index (χ0v) is 18.0. The molecule has 0 bridgehead atoms. The number of benzene rings is 2. The number of aryl methyl sites for hydroxylation is 1. The van der Waals surface area contributed by atoms with Crippen molar-refractivity contribution in [1.82, 2.24) is 9.13 Å². The lowest BCUT2D eigenvalue weighted by Crippen LogP contribution is -2.40. The number of fused-ring (bicyclic) bond motifs is 1. The predicted octanol–water partition coefficient (Wildman–Crippen LogP) is 4.21. The second-order valence-corrected chi connectivity index (χ2v) is 8.38. The number of nitrogens with one attached hydrogen (secondary N) is 1. The van der Waals surface area contributed by atoms with Crippen LogP contribution in [0.4, 0.5) is 10.1 Å². The first-order chi connectivity index (χ1) is 14.9. The average molecular weight is 458 g/mol. The van der Waals surface area contributed by atoms with Crippen LogP contribution in [0.3, 0.4) is 0 Å². The predicted molar refractivity (Wildman–Crippen MR) is 121 cm³/mol. The molecule has 158 valence electrons. The van der Waals surface area contributed by atoms with Gasteiger partial charge < -0.3 is 5.32 Å². The Labute approximate surface area is 185 Å². The van der Waals surface area contributed by atoms with Gasteiger partial charge in [-0.25, -0.2) is 13.8 Å². The lowest BCUT2D eigenvalue weighted by atomic mass is 10.3. The molecule has 0 aliphatic carbocycles. The van der Waals surface area contributed by atoms with E-state index in [1.807, 2.05) is 6.92 Å². The van der Waals surface area contributed by atoms with Crippen molar-refractivity contribution in [3.63, 3.8) is 0 Å². The minimum absolute atomic E-state index is 0.308. The average Bonchev–Trinajstić information content (AvgIpc) is 3.18. The maximum absolute atomic E-state index is 13.3. The summed E-state index contributed by atoms with van der Waals surface area (Å²) in [6.45, 7) is 1.64. The summed E-state index contributed by atoms with van der Waals surface area (Å²) in [5.41, 5.74) is -0.382. The van der Waals surface area contributed by atoms with Gasteiger partial charge in [-0.2, -0.15) is 0 Å². The Kier molecular flexibility index (Phi) is 5.75. The summed E-state index contributed by atoms with van der Waals surface area (Å²) in [6, 6.07) is 13.5. The van der Waals surface area contributed by atoms with Crippen LogP contribution in [0, 0.1) is 5.82 Å². The lowest BCUT2D eigenvalue weighted by molar-refractivity contribution is -0.116. The van der Waals surface area contributed by atoms with E-state index in [1.54, 1.807) is 24.3 Å². The fourth-order valence-electron chi connectivity index (χ4n) is 3.23. The molecule has 0 aliphatic rings. The molecule has 31 heavy (non-hydrogen) atoms. The summed E-state index contributed by atoms with van der Waals surface area (Å²) in [4.78, 5) is 40.4. The summed E-state index contributed by atoms with van der Waals surface area (Å²) in [5, 5.41) is 3.38. The SMILES string of the molecule is CCc1cc2c(=O)n(-c3cccc(Cl)c3)c(=O)n(CC(=O)Nc3ccc(F)cc3)c2s1. The highest BCUT2D eigenvalue weighted by atomic mass is 35.5. The molecular formula is C22H17ClFN3O3S. The van der Waals surface area contributed by atoms with Gasteiger partial charge in [-0.15, -0.1) is 11.3 Å². The topological polar surface area (TPSA) is 73.1 Å². The van der Waals surface area contributed by atoms with Gasteiger partial charge >= 0.3 is 5.69 Å². The Morgan fingerprint density at radius 2 is 1.87 bits per heavy atom. The molecule has 4 aromatic rings. The molecule has 0 atom stereocenters. The van der Waals surface area contributed by atoms with Gasteiger partial charge in [-0.05, 0) is 55.0 Å². The number of halogens is 2. The molecule has 0 radical (unpaired) electrons. The van der Waals surface area contributed by atoms with E-state index < -0.39 is 23.0 Å². The van der Waals surface area contributed by atoms with Crippen LogP contribution in [0.2, 0.25) is 5.02 Å². The van der Waals surface area contributed by atoms with Gasteiger partial charge in [0.15, 0.2) is 0 Å². The normalized spacial score (nSPS) is 11.1. The van der Waals surface area contributed by atoms with Crippen molar-refractivity contribution in [3.05, 3.63) is 91.2 Å². The van der Waals surface area contributed by atoms with Crippen LogP contribution in [0.1, 0.15) is 11.8 Å². The zero-order valence-electron chi connectivity index (χ0n) is 16.4. The molecule has 2 aromatic carbocycles. The first-order valence-electron chi connectivity index (χ1n) is 9.47. The van der Waals surface area contributed by atoms with Gasteiger partial charge in [-0.1, -0.05) is 24.6 Å². The molecular weight excluding hydrogens is 441 g/mol. The third-order valence-electron chi connectivity index (χ3n) is 4.71. The number of hydrogen-bond acceptors (Lipinski definition) is 4. The van der Waals surface area contributed by atoms with Crippen LogP contribution in [-0.4, -0.2) is 15.0 Å². The Morgan fingerprint density at radius 3 is 2.55 bits per heavy atom. The van der Waals surface area contributed by atoms with Crippen LogP contribution < -0.4 is 16.6 Å². The second-order valence-electron chi connectivity index (χ2n) is 6.83. The summed E-state index contributed by atoms with van der Waals surface area (Å²) in [5.74, 6) is -0.895. The molecule has 0 unspecified atom stereocenters. The lowest BCUT2D eigenvalue weighted by Gasteiger charge is -2.12. The smallest absolute Gasteiger partial charge is 0.325 e. The van der Waals surface area contributed by atoms with Crippen LogP contribution in [-0.2, 0) is 17.8 Å². The maximum Gasteiger partial charge on any atom is 0.337 e.